The number of benzene rings is 1. The molecular weight excluding hydrogens is 304 g/mol. The summed E-state index contributed by atoms with van der Waals surface area (Å²) in [7, 11) is 1.86. The van der Waals surface area contributed by atoms with Gasteiger partial charge in [0.25, 0.3) is 0 Å². The molecule has 0 radical (unpaired) electrons. The molecule has 0 atom stereocenters. The van der Waals surface area contributed by atoms with E-state index in [1.807, 2.05) is 31.1 Å². The van der Waals surface area contributed by atoms with Gasteiger partial charge in [0, 0.05) is 48.8 Å². The van der Waals surface area contributed by atoms with Crippen LogP contribution < -0.4 is 5.32 Å². The number of fused-ring (bicyclic) bond motifs is 1. The molecule has 3 rings (SSSR count). The largest absolute Gasteiger partial charge is 0.352 e. The minimum Gasteiger partial charge on any atom is -0.352 e. The van der Waals surface area contributed by atoms with Gasteiger partial charge < -0.3 is 10.2 Å². The normalized spacial score (nSPS) is 18.2. The molecule has 1 fully saturated rings. The summed E-state index contributed by atoms with van der Waals surface area (Å²) in [6, 6.07) is 10.4. The van der Waals surface area contributed by atoms with Crippen LogP contribution in [-0.2, 0) is 6.54 Å². The Morgan fingerprint density at radius 2 is 2.17 bits per heavy atom. The van der Waals surface area contributed by atoms with E-state index in [0.29, 0.717) is 0 Å². The second kappa shape index (κ2) is 6.79. The number of nitrogens with one attached hydrogen (secondary N) is 1. The predicted molar refractivity (Wildman–Crippen MR) is 100 cm³/mol. The number of guanidine groups is 1. The molecule has 1 saturated heterocycles. The Bertz CT molecular complexity index is 706. The molecule has 1 aliphatic heterocycles. The number of hydrogen-bond acceptors (Lipinski definition) is 3. The van der Waals surface area contributed by atoms with Gasteiger partial charge in [-0.25, -0.2) is 0 Å². The topological polar surface area (TPSA) is 40.5 Å². The van der Waals surface area contributed by atoms with Crippen LogP contribution in [-0.4, -0.2) is 46.5 Å². The van der Waals surface area contributed by atoms with Crippen molar-refractivity contribution in [3.63, 3.8) is 0 Å². The van der Waals surface area contributed by atoms with Crippen molar-refractivity contribution in [3.8, 4) is 0 Å². The Labute approximate surface area is 142 Å². The highest BCUT2D eigenvalue weighted by Crippen LogP contribution is 2.29. The summed E-state index contributed by atoms with van der Waals surface area (Å²) in [6.45, 7) is 7.40. The van der Waals surface area contributed by atoms with E-state index in [-0.39, 0.29) is 4.75 Å². The average Bonchev–Trinajstić information content (AvgIpc) is 2.55. The number of nitrogens with zero attached hydrogens (tertiary/aromatic N) is 3. The number of hydrogen-bond donors (Lipinski definition) is 1. The molecule has 2 aromatic rings. The number of aliphatic imine (C=N–C) groups is 1. The third-order valence-corrected chi connectivity index (χ3v) is 5.39. The lowest BCUT2D eigenvalue weighted by atomic mass is 10.1. The summed E-state index contributed by atoms with van der Waals surface area (Å²) in [6.07, 6.45) is 1.85. The maximum atomic E-state index is 4.52. The summed E-state index contributed by atoms with van der Waals surface area (Å²) in [4.78, 5) is 11.4. The van der Waals surface area contributed by atoms with Crippen molar-refractivity contribution >= 4 is 28.6 Å². The molecule has 0 bridgehead atoms. The number of pyridine rings is 1. The van der Waals surface area contributed by atoms with Crippen LogP contribution in [0.4, 0.5) is 0 Å². The zero-order valence-electron chi connectivity index (χ0n) is 14.0. The Morgan fingerprint density at radius 3 is 2.96 bits per heavy atom. The summed E-state index contributed by atoms with van der Waals surface area (Å²) < 4.78 is 0.275. The van der Waals surface area contributed by atoms with Crippen molar-refractivity contribution in [3.05, 3.63) is 42.1 Å². The number of rotatable bonds is 2. The summed E-state index contributed by atoms with van der Waals surface area (Å²) in [5.41, 5.74) is 2.27. The van der Waals surface area contributed by atoms with Crippen LogP contribution >= 0.6 is 11.8 Å². The quantitative estimate of drug-likeness (QED) is 0.679. The maximum Gasteiger partial charge on any atom is 0.193 e. The van der Waals surface area contributed by atoms with E-state index in [2.05, 4.69) is 58.3 Å². The zero-order valence-corrected chi connectivity index (χ0v) is 14.9. The van der Waals surface area contributed by atoms with Crippen LogP contribution in [0.15, 0.2) is 41.5 Å². The van der Waals surface area contributed by atoms with Crippen molar-refractivity contribution in [2.24, 2.45) is 4.99 Å². The lowest BCUT2D eigenvalue weighted by molar-refractivity contribution is 0.376. The van der Waals surface area contributed by atoms with E-state index in [1.165, 1.54) is 10.9 Å². The fourth-order valence-corrected chi connectivity index (χ4v) is 4.13. The molecule has 2 heterocycles. The number of aromatic nitrogens is 1. The SMILES string of the molecule is CN=C(NCc1cccc2cccnc12)N1CCSC(C)(C)C1. The van der Waals surface area contributed by atoms with E-state index in [0.717, 1.165) is 36.9 Å². The third-order valence-electron chi connectivity index (χ3n) is 4.09. The molecular formula is C18H24N4S. The lowest BCUT2D eigenvalue weighted by Gasteiger charge is -2.39. The highest BCUT2D eigenvalue weighted by atomic mass is 32.2. The zero-order chi connectivity index (χ0) is 16.3. The van der Waals surface area contributed by atoms with Crippen LogP contribution in [0, 0.1) is 0 Å². The highest BCUT2D eigenvalue weighted by Gasteiger charge is 2.28. The first-order valence-electron chi connectivity index (χ1n) is 8.01. The van der Waals surface area contributed by atoms with Crippen molar-refractivity contribution in [1.82, 2.24) is 15.2 Å². The van der Waals surface area contributed by atoms with Gasteiger partial charge in [0.05, 0.1) is 5.52 Å². The van der Waals surface area contributed by atoms with Crippen LogP contribution in [0.2, 0.25) is 0 Å². The molecule has 1 aromatic heterocycles. The van der Waals surface area contributed by atoms with E-state index >= 15 is 0 Å². The summed E-state index contributed by atoms with van der Waals surface area (Å²) in [5, 5.41) is 4.69. The first kappa shape index (κ1) is 16.1. The second-order valence-electron chi connectivity index (χ2n) is 6.42. The van der Waals surface area contributed by atoms with Gasteiger partial charge in [0.15, 0.2) is 5.96 Å². The van der Waals surface area contributed by atoms with Crippen LogP contribution in [0.1, 0.15) is 19.4 Å². The van der Waals surface area contributed by atoms with Crippen molar-refractivity contribution < 1.29 is 0 Å². The van der Waals surface area contributed by atoms with Gasteiger partial charge in [0.2, 0.25) is 0 Å². The molecule has 4 nitrogen and oxygen atoms in total. The molecule has 5 heteroatoms. The third kappa shape index (κ3) is 3.78. The summed E-state index contributed by atoms with van der Waals surface area (Å²) >= 11 is 2.03. The van der Waals surface area contributed by atoms with Crippen LogP contribution in [0.25, 0.3) is 10.9 Å². The number of thioether (sulfide) groups is 1. The molecule has 23 heavy (non-hydrogen) atoms. The van der Waals surface area contributed by atoms with Gasteiger partial charge in [0.1, 0.15) is 0 Å². The highest BCUT2D eigenvalue weighted by molar-refractivity contribution is 8.00. The van der Waals surface area contributed by atoms with Gasteiger partial charge in [-0.2, -0.15) is 11.8 Å². The van der Waals surface area contributed by atoms with Gasteiger partial charge >= 0.3 is 0 Å². The minimum absolute atomic E-state index is 0.275. The molecule has 0 unspecified atom stereocenters. The van der Waals surface area contributed by atoms with Crippen LogP contribution in [0.3, 0.4) is 0 Å². The average molecular weight is 328 g/mol. The smallest absolute Gasteiger partial charge is 0.193 e. The van der Waals surface area contributed by atoms with E-state index in [9.17, 15) is 0 Å². The van der Waals surface area contributed by atoms with Crippen LogP contribution in [0.5, 0.6) is 0 Å². The fourth-order valence-electron chi connectivity index (χ4n) is 3.01. The van der Waals surface area contributed by atoms with Gasteiger partial charge in [-0.05, 0) is 25.5 Å². The predicted octanol–water partition coefficient (Wildman–Crippen LogP) is 3.14. The van der Waals surface area contributed by atoms with Crippen molar-refractivity contribution in [2.45, 2.75) is 25.1 Å². The van der Waals surface area contributed by atoms with Crippen molar-refractivity contribution in [1.29, 1.82) is 0 Å². The maximum absolute atomic E-state index is 4.52. The molecule has 1 N–H and O–H groups in total. The van der Waals surface area contributed by atoms with Gasteiger partial charge in [-0.3, -0.25) is 9.98 Å². The molecule has 0 amide bonds. The van der Waals surface area contributed by atoms with E-state index < -0.39 is 0 Å². The molecule has 1 aliphatic rings. The first-order valence-corrected chi connectivity index (χ1v) is 9.00. The fraction of sp³-hybridized carbons (Fsp3) is 0.444. The van der Waals surface area contributed by atoms with E-state index in [1.54, 1.807) is 0 Å². The Morgan fingerprint density at radius 1 is 1.35 bits per heavy atom. The minimum atomic E-state index is 0.275. The molecule has 0 aliphatic carbocycles. The Kier molecular flexibility index (Phi) is 4.76. The van der Waals surface area contributed by atoms with E-state index in [4.69, 9.17) is 0 Å². The Hall–Kier alpha value is -1.75. The van der Waals surface area contributed by atoms with Crippen molar-refractivity contribution in [2.75, 3.05) is 25.9 Å². The summed E-state index contributed by atoms with van der Waals surface area (Å²) in [5.74, 6) is 2.12. The Balaban J connectivity index is 1.73. The molecule has 0 saturated carbocycles. The standard InChI is InChI=1S/C18H24N4S/c1-18(2)13-22(10-11-23-18)17(19-3)21-12-15-7-4-6-14-8-5-9-20-16(14)15/h4-9H,10-13H2,1-3H3,(H,19,21). The monoisotopic (exact) mass is 328 g/mol. The van der Waals surface area contributed by atoms with Gasteiger partial charge in [-0.15, -0.1) is 0 Å². The number of para-hydroxylation sites is 1. The molecule has 1 aromatic carbocycles. The molecule has 122 valence electrons. The van der Waals surface area contributed by atoms with Gasteiger partial charge in [-0.1, -0.05) is 24.3 Å². The lowest BCUT2D eigenvalue weighted by Crippen LogP contribution is -2.50. The molecule has 0 spiro atoms. The second-order valence-corrected chi connectivity index (χ2v) is 8.22. The first-order chi connectivity index (χ1) is 11.1.